The fourth-order valence-corrected chi connectivity index (χ4v) is 1.30. The van der Waals surface area contributed by atoms with Crippen molar-refractivity contribution in [3.63, 3.8) is 0 Å². The molecule has 0 amide bonds. The molecule has 0 saturated heterocycles. The summed E-state index contributed by atoms with van der Waals surface area (Å²) >= 11 is 1.24. The van der Waals surface area contributed by atoms with Gasteiger partial charge in [-0.3, -0.25) is 9.48 Å². The van der Waals surface area contributed by atoms with E-state index in [-0.39, 0.29) is 5.12 Å². The first kappa shape index (κ1) is 9.12. The number of carbonyl (C=O) groups excluding carboxylic acids is 1. The molecule has 1 heterocycles. The second kappa shape index (κ2) is 3.62. The van der Waals surface area contributed by atoms with Gasteiger partial charge >= 0.3 is 0 Å². The summed E-state index contributed by atoms with van der Waals surface area (Å²) in [7, 11) is 1.71. The molecule has 0 radical (unpaired) electrons. The van der Waals surface area contributed by atoms with E-state index >= 15 is 0 Å². The van der Waals surface area contributed by atoms with E-state index in [1.165, 1.54) is 16.4 Å². The van der Waals surface area contributed by atoms with Crippen LogP contribution in [0.4, 0.5) is 5.82 Å². The largest absolute Gasteiger partial charge is 0.384 e. The molecule has 0 bridgehead atoms. The van der Waals surface area contributed by atoms with Crippen LogP contribution < -0.4 is 5.73 Å². The van der Waals surface area contributed by atoms with Gasteiger partial charge in [-0.2, -0.15) is 5.10 Å². The molecule has 1 aromatic heterocycles. The summed E-state index contributed by atoms with van der Waals surface area (Å²) in [6, 6.07) is 1.59. The molecule has 0 unspecified atom stereocenters. The molecular formula is C7H11N3OS. The minimum absolute atomic E-state index is 0.0233. The van der Waals surface area contributed by atoms with Gasteiger partial charge in [0.25, 0.3) is 0 Å². The molecule has 0 aliphatic heterocycles. The van der Waals surface area contributed by atoms with Crippen LogP contribution in [0.5, 0.6) is 0 Å². The summed E-state index contributed by atoms with van der Waals surface area (Å²) in [5, 5.41) is 3.93. The molecule has 1 rings (SSSR count). The Labute approximate surface area is 75.1 Å². The highest BCUT2D eigenvalue weighted by atomic mass is 32.2. The second-order valence-corrected chi connectivity index (χ2v) is 3.54. The van der Waals surface area contributed by atoms with E-state index in [2.05, 4.69) is 5.10 Å². The highest BCUT2D eigenvalue weighted by molar-refractivity contribution is 8.14. The van der Waals surface area contributed by atoms with Gasteiger partial charge in [0, 0.05) is 13.1 Å². The molecule has 0 atom stereocenters. The number of thioether (sulfide) groups is 1. The summed E-state index contributed by atoms with van der Waals surface area (Å²) in [5.41, 5.74) is 5.95. The highest BCUT2D eigenvalue weighted by Gasteiger charge is 2.10. The zero-order valence-electron chi connectivity index (χ0n) is 7.07. The average Bonchev–Trinajstić information content (AvgIpc) is 2.33. The van der Waals surface area contributed by atoms with Crippen LogP contribution in [0.3, 0.4) is 0 Å². The lowest BCUT2D eigenvalue weighted by Crippen LogP contribution is -1.99. The predicted molar refractivity (Wildman–Crippen MR) is 50.1 cm³/mol. The maximum Gasteiger partial charge on any atom is 0.239 e. The number of rotatable bonds is 2. The highest BCUT2D eigenvalue weighted by Crippen LogP contribution is 2.12. The molecule has 2 N–H and O–H groups in total. The minimum Gasteiger partial charge on any atom is -0.384 e. The summed E-state index contributed by atoms with van der Waals surface area (Å²) in [6.45, 7) is 1.93. The van der Waals surface area contributed by atoms with Crippen LogP contribution >= 0.6 is 11.8 Å². The van der Waals surface area contributed by atoms with Crippen molar-refractivity contribution in [3.8, 4) is 0 Å². The van der Waals surface area contributed by atoms with Crippen molar-refractivity contribution in [2.75, 3.05) is 11.5 Å². The lowest BCUT2D eigenvalue weighted by molar-refractivity contribution is 0.108. The van der Waals surface area contributed by atoms with E-state index in [0.717, 1.165) is 5.75 Å². The van der Waals surface area contributed by atoms with Crippen LogP contribution in [0.2, 0.25) is 0 Å². The van der Waals surface area contributed by atoms with Gasteiger partial charge in [-0.1, -0.05) is 18.7 Å². The van der Waals surface area contributed by atoms with E-state index in [9.17, 15) is 4.79 Å². The molecule has 0 fully saturated rings. The smallest absolute Gasteiger partial charge is 0.239 e. The molecule has 0 aliphatic carbocycles. The molecule has 12 heavy (non-hydrogen) atoms. The van der Waals surface area contributed by atoms with Crippen LogP contribution in [0.15, 0.2) is 6.07 Å². The van der Waals surface area contributed by atoms with Gasteiger partial charge in [0.05, 0.1) is 0 Å². The Kier molecular flexibility index (Phi) is 2.75. The Hall–Kier alpha value is -0.970. The number of anilines is 1. The fraction of sp³-hybridized carbons (Fsp3) is 0.429. The van der Waals surface area contributed by atoms with Crippen LogP contribution in [0.1, 0.15) is 17.4 Å². The molecule has 0 aromatic carbocycles. The van der Waals surface area contributed by atoms with Crippen LogP contribution in [-0.4, -0.2) is 20.6 Å². The van der Waals surface area contributed by atoms with Crippen molar-refractivity contribution in [2.24, 2.45) is 7.05 Å². The summed E-state index contributed by atoms with van der Waals surface area (Å²) in [4.78, 5) is 11.2. The molecular weight excluding hydrogens is 174 g/mol. The van der Waals surface area contributed by atoms with E-state index in [1.54, 1.807) is 13.1 Å². The topological polar surface area (TPSA) is 60.9 Å². The first-order chi connectivity index (χ1) is 5.65. The second-order valence-electron chi connectivity index (χ2n) is 2.30. The maximum absolute atomic E-state index is 11.2. The zero-order valence-corrected chi connectivity index (χ0v) is 7.89. The number of nitrogen functional groups attached to an aromatic ring is 1. The summed E-state index contributed by atoms with van der Waals surface area (Å²) < 4.78 is 1.49. The Morgan fingerprint density at radius 3 is 2.92 bits per heavy atom. The normalized spacial score (nSPS) is 10.2. The monoisotopic (exact) mass is 185 g/mol. The summed E-state index contributed by atoms with van der Waals surface area (Å²) in [5.74, 6) is 1.27. The SMILES string of the molecule is CCSC(=O)c1cc(N)n(C)n1. The molecule has 4 nitrogen and oxygen atoms in total. The van der Waals surface area contributed by atoms with Crippen molar-refractivity contribution in [2.45, 2.75) is 6.92 Å². The molecule has 0 spiro atoms. The third-order valence-electron chi connectivity index (χ3n) is 1.40. The molecule has 5 heteroatoms. The molecule has 66 valence electrons. The van der Waals surface area contributed by atoms with Crippen molar-refractivity contribution in [3.05, 3.63) is 11.8 Å². The Morgan fingerprint density at radius 1 is 1.83 bits per heavy atom. The van der Waals surface area contributed by atoms with Gasteiger partial charge in [-0.15, -0.1) is 0 Å². The van der Waals surface area contributed by atoms with Crippen molar-refractivity contribution >= 4 is 22.7 Å². The zero-order chi connectivity index (χ0) is 9.14. The van der Waals surface area contributed by atoms with Gasteiger partial charge in [0.15, 0.2) is 0 Å². The molecule has 1 aromatic rings. The Morgan fingerprint density at radius 2 is 2.50 bits per heavy atom. The van der Waals surface area contributed by atoms with Gasteiger partial charge in [0.2, 0.25) is 5.12 Å². The number of nitrogens with two attached hydrogens (primary N) is 1. The number of carbonyl (C=O) groups is 1. The van der Waals surface area contributed by atoms with E-state index in [1.807, 2.05) is 6.92 Å². The lowest BCUT2D eigenvalue weighted by Gasteiger charge is -1.90. The van der Waals surface area contributed by atoms with Crippen molar-refractivity contribution in [1.29, 1.82) is 0 Å². The molecule has 0 saturated carbocycles. The average molecular weight is 185 g/mol. The van der Waals surface area contributed by atoms with Gasteiger partial charge in [-0.05, 0) is 5.75 Å². The van der Waals surface area contributed by atoms with Gasteiger partial charge in [-0.25, -0.2) is 0 Å². The first-order valence-corrected chi connectivity index (χ1v) is 4.60. The first-order valence-electron chi connectivity index (χ1n) is 3.61. The van der Waals surface area contributed by atoms with Gasteiger partial charge in [0.1, 0.15) is 11.5 Å². The Balaban J connectivity index is 2.82. The van der Waals surface area contributed by atoms with E-state index < -0.39 is 0 Å². The summed E-state index contributed by atoms with van der Waals surface area (Å²) in [6.07, 6.45) is 0. The van der Waals surface area contributed by atoms with Crippen LogP contribution in [0.25, 0.3) is 0 Å². The molecule has 0 aliphatic rings. The van der Waals surface area contributed by atoms with Crippen molar-refractivity contribution < 1.29 is 4.79 Å². The number of nitrogens with zero attached hydrogens (tertiary/aromatic N) is 2. The maximum atomic E-state index is 11.2. The standard InChI is InChI=1S/C7H11N3OS/c1-3-12-7(11)5-4-6(8)10(2)9-5/h4H,3,8H2,1-2H3. The predicted octanol–water partition coefficient (Wildman–Crippen LogP) is 0.896. The quantitative estimate of drug-likeness (QED) is 0.743. The third-order valence-corrected chi connectivity index (χ3v) is 2.16. The van der Waals surface area contributed by atoms with Crippen molar-refractivity contribution in [1.82, 2.24) is 9.78 Å². The number of aromatic nitrogens is 2. The van der Waals surface area contributed by atoms with Gasteiger partial charge < -0.3 is 5.73 Å². The van der Waals surface area contributed by atoms with E-state index in [0.29, 0.717) is 11.5 Å². The minimum atomic E-state index is -0.0233. The third kappa shape index (κ3) is 1.79. The number of hydrogen-bond acceptors (Lipinski definition) is 4. The van der Waals surface area contributed by atoms with Crippen LogP contribution in [-0.2, 0) is 7.05 Å². The Bertz CT molecular complexity index is 275. The number of hydrogen-bond donors (Lipinski definition) is 1. The fourth-order valence-electron chi connectivity index (χ4n) is 0.786. The number of aryl methyl sites for hydroxylation is 1. The van der Waals surface area contributed by atoms with Crippen LogP contribution in [0, 0.1) is 0 Å². The van der Waals surface area contributed by atoms with E-state index in [4.69, 9.17) is 5.73 Å². The lowest BCUT2D eigenvalue weighted by atomic mass is 10.5.